The van der Waals surface area contributed by atoms with Crippen LogP contribution in [0, 0.1) is 13.8 Å². The molecule has 0 atom stereocenters. The Hall–Kier alpha value is -1.81. The van der Waals surface area contributed by atoms with Crippen LogP contribution in [0.15, 0.2) is 24.3 Å². The molecule has 0 bridgehead atoms. The largest absolute Gasteiger partial charge is 0.422 e. The maximum Gasteiger partial charge on any atom is 0.322 e. The number of nitrogens with two attached hydrogens (primary N) is 1. The highest BCUT2D eigenvalue weighted by atomic mass is 35.5. The zero-order chi connectivity index (χ0) is 12.4. The van der Waals surface area contributed by atoms with Crippen LogP contribution in [-0.2, 0) is 0 Å². The molecule has 0 unspecified atom stereocenters. The second-order valence-corrected chi connectivity index (χ2v) is 4.15. The van der Waals surface area contributed by atoms with Gasteiger partial charge < -0.3 is 10.5 Å². The second-order valence-electron chi connectivity index (χ2n) is 3.72. The highest BCUT2D eigenvalue weighted by molar-refractivity contribution is 6.30. The molecule has 0 fully saturated rings. The fourth-order valence-electron chi connectivity index (χ4n) is 1.43. The third-order valence-corrected chi connectivity index (χ3v) is 2.37. The summed E-state index contributed by atoms with van der Waals surface area (Å²) in [6.45, 7) is 3.76. The normalized spacial score (nSPS) is 10.3. The fourth-order valence-corrected chi connectivity index (χ4v) is 1.60. The Morgan fingerprint density at radius 3 is 2.41 bits per heavy atom. The van der Waals surface area contributed by atoms with Crippen LogP contribution in [-0.4, -0.2) is 9.97 Å². The molecular weight excluding hydrogens is 238 g/mol. The molecule has 0 spiro atoms. The SMILES string of the molecule is Cc1cc(C)nc(Oc2cc(Cl)ccc2N)n1. The standard InChI is InChI=1S/C12H12ClN3O/c1-7-5-8(2)16-12(15-7)17-11-6-9(13)3-4-10(11)14/h3-6H,14H2,1-2H3. The van der Waals surface area contributed by atoms with Gasteiger partial charge in [0.25, 0.3) is 0 Å². The summed E-state index contributed by atoms with van der Waals surface area (Å²) < 4.78 is 5.52. The van der Waals surface area contributed by atoms with E-state index >= 15 is 0 Å². The number of aryl methyl sites for hydroxylation is 2. The van der Waals surface area contributed by atoms with E-state index in [1.165, 1.54) is 0 Å². The summed E-state index contributed by atoms with van der Waals surface area (Å²) in [5.74, 6) is 0.461. The van der Waals surface area contributed by atoms with Crippen molar-refractivity contribution >= 4 is 17.3 Å². The lowest BCUT2D eigenvalue weighted by Crippen LogP contribution is -1.98. The number of anilines is 1. The van der Waals surface area contributed by atoms with Gasteiger partial charge >= 0.3 is 6.01 Å². The van der Waals surface area contributed by atoms with Crippen LogP contribution in [0.5, 0.6) is 11.8 Å². The Morgan fingerprint density at radius 2 is 1.76 bits per heavy atom. The minimum atomic E-state index is 0.275. The van der Waals surface area contributed by atoms with Crippen LogP contribution in [0.25, 0.3) is 0 Å². The van der Waals surface area contributed by atoms with Gasteiger partial charge in [0.05, 0.1) is 5.69 Å². The van der Waals surface area contributed by atoms with Crippen LogP contribution in [0.2, 0.25) is 5.02 Å². The smallest absolute Gasteiger partial charge is 0.322 e. The monoisotopic (exact) mass is 249 g/mol. The molecule has 1 aromatic heterocycles. The molecule has 1 aromatic carbocycles. The van der Waals surface area contributed by atoms with Gasteiger partial charge in [0.1, 0.15) is 0 Å². The molecule has 4 nitrogen and oxygen atoms in total. The number of halogens is 1. The molecule has 88 valence electrons. The second kappa shape index (κ2) is 4.59. The first-order valence-electron chi connectivity index (χ1n) is 5.10. The third-order valence-electron chi connectivity index (χ3n) is 2.14. The number of hydrogen-bond donors (Lipinski definition) is 1. The molecule has 17 heavy (non-hydrogen) atoms. The Kier molecular flexibility index (Phi) is 3.15. The molecular formula is C12H12ClN3O. The maximum atomic E-state index is 5.87. The quantitative estimate of drug-likeness (QED) is 0.831. The minimum Gasteiger partial charge on any atom is -0.422 e. The highest BCUT2D eigenvalue weighted by Gasteiger charge is 2.06. The predicted molar refractivity (Wildman–Crippen MR) is 67.4 cm³/mol. The van der Waals surface area contributed by atoms with Crippen molar-refractivity contribution in [2.45, 2.75) is 13.8 Å². The van der Waals surface area contributed by atoms with E-state index < -0.39 is 0 Å². The van der Waals surface area contributed by atoms with Crippen molar-refractivity contribution < 1.29 is 4.74 Å². The van der Waals surface area contributed by atoms with Crippen LogP contribution >= 0.6 is 11.6 Å². The number of benzene rings is 1. The van der Waals surface area contributed by atoms with Gasteiger partial charge in [-0.25, -0.2) is 9.97 Å². The van der Waals surface area contributed by atoms with Crippen LogP contribution in [0.1, 0.15) is 11.4 Å². The van der Waals surface area contributed by atoms with Crippen molar-refractivity contribution in [3.63, 3.8) is 0 Å². The Bertz CT molecular complexity index is 537. The average molecular weight is 250 g/mol. The Labute approximate surface area is 104 Å². The maximum absolute atomic E-state index is 5.87. The van der Waals surface area contributed by atoms with Gasteiger partial charge in [0, 0.05) is 22.5 Å². The number of rotatable bonds is 2. The van der Waals surface area contributed by atoms with Crippen molar-refractivity contribution in [2.75, 3.05) is 5.73 Å². The number of nitrogen functional groups attached to an aromatic ring is 1. The lowest BCUT2D eigenvalue weighted by molar-refractivity contribution is 0.441. The molecule has 0 aliphatic carbocycles. The molecule has 2 rings (SSSR count). The van der Waals surface area contributed by atoms with E-state index in [-0.39, 0.29) is 6.01 Å². The van der Waals surface area contributed by atoms with Crippen LogP contribution in [0.4, 0.5) is 5.69 Å². The number of nitrogens with zero attached hydrogens (tertiary/aromatic N) is 2. The van der Waals surface area contributed by atoms with E-state index in [1.54, 1.807) is 18.2 Å². The van der Waals surface area contributed by atoms with E-state index in [0.29, 0.717) is 16.5 Å². The average Bonchev–Trinajstić information content (AvgIpc) is 2.22. The van der Waals surface area contributed by atoms with Gasteiger partial charge in [0.15, 0.2) is 5.75 Å². The van der Waals surface area contributed by atoms with Gasteiger partial charge in [-0.15, -0.1) is 0 Å². The van der Waals surface area contributed by atoms with Crippen molar-refractivity contribution in [3.05, 3.63) is 40.7 Å². The number of ether oxygens (including phenoxy) is 1. The molecule has 0 saturated carbocycles. The molecule has 0 amide bonds. The lowest BCUT2D eigenvalue weighted by atomic mass is 10.3. The molecule has 2 N–H and O–H groups in total. The fraction of sp³-hybridized carbons (Fsp3) is 0.167. The molecule has 5 heteroatoms. The van der Waals surface area contributed by atoms with Crippen LogP contribution in [0.3, 0.4) is 0 Å². The summed E-state index contributed by atoms with van der Waals surface area (Å²) >= 11 is 5.87. The lowest BCUT2D eigenvalue weighted by Gasteiger charge is -2.08. The van der Waals surface area contributed by atoms with Gasteiger partial charge in [-0.05, 0) is 32.0 Å². The summed E-state index contributed by atoms with van der Waals surface area (Å²) in [6, 6.07) is 7.16. The zero-order valence-corrected chi connectivity index (χ0v) is 10.3. The van der Waals surface area contributed by atoms with Crippen molar-refractivity contribution in [2.24, 2.45) is 0 Å². The van der Waals surface area contributed by atoms with E-state index in [0.717, 1.165) is 11.4 Å². The topological polar surface area (TPSA) is 61.0 Å². The Morgan fingerprint density at radius 1 is 1.12 bits per heavy atom. The zero-order valence-electron chi connectivity index (χ0n) is 9.57. The summed E-state index contributed by atoms with van der Waals surface area (Å²) in [4.78, 5) is 8.34. The van der Waals surface area contributed by atoms with Gasteiger partial charge in [0.2, 0.25) is 0 Å². The van der Waals surface area contributed by atoms with E-state index in [9.17, 15) is 0 Å². The summed E-state index contributed by atoms with van der Waals surface area (Å²) in [5, 5.41) is 0.554. The van der Waals surface area contributed by atoms with Crippen molar-refractivity contribution in [1.82, 2.24) is 9.97 Å². The van der Waals surface area contributed by atoms with Gasteiger partial charge in [-0.1, -0.05) is 11.6 Å². The summed E-state index contributed by atoms with van der Waals surface area (Å²) in [7, 11) is 0. The van der Waals surface area contributed by atoms with Gasteiger partial charge in [-0.2, -0.15) is 0 Å². The minimum absolute atomic E-state index is 0.275. The number of hydrogen-bond acceptors (Lipinski definition) is 4. The number of aromatic nitrogens is 2. The summed E-state index contributed by atoms with van der Waals surface area (Å²) in [6.07, 6.45) is 0. The molecule has 0 radical (unpaired) electrons. The first kappa shape index (κ1) is 11.7. The molecule has 0 aliphatic rings. The first-order chi connectivity index (χ1) is 8.04. The summed E-state index contributed by atoms with van der Waals surface area (Å²) in [5.41, 5.74) is 7.95. The molecule has 0 saturated heterocycles. The highest BCUT2D eigenvalue weighted by Crippen LogP contribution is 2.28. The predicted octanol–water partition coefficient (Wildman–Crippen LogP) is 3.12. The van der Waals surface area contributed by atoms with E-state index in [1.807, 2.05) is 19.9 Å². The first-order valence-corrected chi connectivity index (χ1v) is 5.47. The van der Waals surface area contributed by atoms with E-state index in [4.69, 9.17) is 22.1 Å². The van der Waals surface area contributed by atoms with Crippen molar-refractivity contribution in [3.8, 4) is 11.8 Å². The van der Waals surface area contributed by atoms with E-state index in [2.05, 4.69) is 9.97 Å². The van der Waals surface area contributed by atoms with Gasteiger partial charge in [-0.3, -0.25) is 0 Å². The van der Waals surface area contributed by atoms with Crippen molar-refractivity contribution in [1.29, 1.82) is 0 Å². The Balaban J connectivity index is 2.34. The molecule has 1 heterocycles. The van der Waals surface area contributed by atoms with Crippen LogP contribution < -0.4 is 10.5 Å². The molecule has 2 aromatic rings. The molecule has 0 aliphatic heterocycles. The third kappa shape index (κ3) is 2.85.